The minimum Gasteiger partial charge on any atom is -0.352 e. The van der Waals surface area contributed by atoms with E-state index in [1.54, 1.807) is 13.1 Å². The Bertz CT molecular complexity index is 610. The summed E-state index contributed by atoms with van der Waals surface area (Å²) in [6.45, 7) is 1.79. The average Bonchev–Trinajstić information content (AvgIpc) is 2.91. The summed E-state index contributed by atoms with van der Waals surface area (Å²) in [4.78, 5) is 23.7. The number of aromatic nitrogens is 3. The molecule has 0 spiro atoms. The number of benzene rings is 1. The van der Waals surface area contributed by atoms with Crippen LogP contribution in [0.5, 0.6) is 0 Å². The molecule has 0 aliphatic rings. The first kappa shape index (κ1) is 14.8. The summed E-state index contributed by atoms with van der Waals surface area (Å²) in [7, 11) is 0. The molecule has 6 nitrogen and oxygen atoms in total. The van der Waals surface area contributed by atoms with Crippen molar-refractivity contribution < 1.29 is 14.0 Å². The molecule has 0 bridgehead atoms. The molecule has 0 unspecified atom stereocenters. The molecular formula is C14H15FN4O2. The highest BCUT2D eigenvalue weighted by Crippen LogP contribution is 2.07. The maximum Gasteiger partial charge on any atom is 0.242 e. The number of Topliss-reactive ketones (excluding diaryl/α,β-unsaturated/α-hetero) is 1. The van der Waals surface area contributed by atoms with Gasteiger partial charge in [-0.25, -0.2) is 9.07 Å². The number of nitrogens with zero attached hydrogens (tertiary/aromatic N) is 3. The molecule has 1 aromatic heterocycles. The molecule has 1 N–H and O–H groups in total. The van der Waals surface area contributed by atoms with E-state index in [2.05, 4.69) is 15.6 Å². The van der Waals surface area contributed by atoms with E-state index in [1.165, 1.54) is 35.1 Å². The van der Waals surface area contributed by atoms with E-state index in [1.807, 2.05) is 0 Å². The molecule has 0 aliphatic carbocycles. The van der Waals surface area contributed by atoms with Crippen molar-refractivity contribution in [2.75, 3.05) is 0 Å². The fourth-order valence-electron chi connectivity index (χ4n) is 1.87. The van der Waals surface area contributed by atoms with E-state index in [0.29, 0.717) is 5.56 Å². The number of nitrogens with one attached hydrogen (secondary N) is 1. The van der Waals surface area contributed by atoms with Gasteiger partial charge in [0, 0.05) is 24.2 Å². The lowest BCUT2D eigenvalue weighted by Gasteiger charge is -2.13. The predicted octanol–water partition coefficient (Wildman–Crippen LogP) is 1.19. The monoisotopic (exact) mass is 290 g/mol. The van der Waals surface area contributed by atoms with Crippen LogP contribution in [0.25, 0.3) is 0 Å². The van der Waals surface area contributed by atoms with Crippen LogP contribution < -0.4 is 5.32 Å². The number of rotatable bonds is 6. The molecule has 110 valence electrons. The largest absolute Gasteiger partial charge is 0.352 e. The summed E-state index contributed by atoms with van der Waals surface area (Å²) < 4.78 is 14.2. The molecule has 0 saturated carbocycles. The maximum atomic E-state index is 12.8. The van der Waals surface area contributed by atoms with Crippen LogP contribution in [0.3, 0.4) is 0 Å². The molecule has 0 aliphatic heterocycles. The first-order valence-corrected chi connectivity index (χ1v) is 6.47. The first-order chi connectivity index (χ1) is 10.0. The topological polar surface area (TPSA) is 76.9 Å². The fraction of sp³-hybridized carbons (Fsp3) is 0.286. The zero-order valence-corrected chi connectivity index (χ0v) is 11.5. The Morgan fingerprint density at radius 3 is 2.67 bits per heavy atom. The van der Waals surface area contributed by atoms with E-state index in [4.69, 9.17) is 0 Å². The van der Waals surface area contributed by atoms with Crippen molar-refractivity contribution >= 4 is 11.7 Å². The van der Waals surface area contributed by atoms with Gasteiger partial charge in [-0.05, 0) is 31.2 Å². The summed E-state index contributed by atoms with van der Waals surface area (Å²) in [6.07, 6.45) is 3.21. The number of hydrogen-bond donors (Lipinski definition) is 1. The van der Waals surface area contributed by atoms with Crippen LogP contribution in [0.4, 0.5) is 4.39 Å². The van der Waals surface area contributed by atoms with Gasteiger partial charge >= 0.3 is 0 Å². The summed E-state index contributed by atoms with van der Waals surface area (Å²) in [5.41, 5.74) is 0.425. The van der Waals surface area contributed by atoms with Crippen molar-refractivity contribution in [1.29, 1.82) is 0 Å². The zero-order chi connectivity index (χ0) is 15.2. The van der Waals surface area contributed by atoms with Crippen molar-refractivity contribution in [3.05, 3.63) is 48.0 Å². The molecule has 1 atom stereocenters. The van der Waals surface area contributed by atoms with Crippen LogP contribution in [0.15, 0.2) is 36.7 Å². The van der Waals surface area contributed by atoms with Crippen LogP contribution in [0.2, 0.25) is 0 Å². The molecule has 0 saturated heterocycles. The van der Waals surface area contributed by atoms with Crippen LogP contribution in [-0.2, 0) is 11.3 Å². The zero-order valence-electron chi connectivity index (χ0n) is 11.5. The van der Waals surface area contributed by atoms with Crippen molar-refractivity contribution in [3.63, 3.8) is 0 Å². The number of hydrogen-bond acceptors (Lipinski definition) is 4. The Labute approximate surface area is 121 Å². The molecule has 7 heteroatoms. The van der Waals surface area contributed by atoms with Gasteiger partial charge in [-0.2, -0.15) is 0 Å². The van der Waals surface area contributed by atoms with Crippen molar-refractivity contribution in [3.8, 4) is 0 Å². The Kier molecular flexibility index (Phi) is 4.76. The first-order valence-electron chi connectivity index (χ1n) is 6.47. The molecule has 1 aromatic carbocycles. The minimum absolute atomic E-state index is 0.0507. The van der Waals surface area contributed by atoms with Crippen LogP contribution in [0.1, 0.15) is 23.7 Å². The molecule has 0 radical (unpaired) electrons. The Balaban J connectivity index is 1.83. The van der Waals surface area contributed by atoms with E-state index >= 15 is 0 Å². The highest BCUT2D eigenvalue weighted by atomic mass is 19.1. The maximum absolute atomic E-state index is 12.8. The standard InChI is InChI=1S/C14H15FN4O2/c1-10(17-14(21)9-19-7-6-16-18-19)8-13(20)11-2-4-12(15)5-3-11/h2-7,10H,8-9H2,1H3,(H,17,21)/t10-/m0/s1. The van der Waals surface area contributed by atoms with Crippen LogP contribution in [0, 0.1) is 5.82 Å². The van der Waals surface area contributed by atoms with Crippen LogP contribution in [-0.4, -0.2) is 32.7 Å². The Morgan fingerprint density at radius 1 is 1.33 bits per heavy atom. The fourth-order valence-corrected chi connectivity index (χ4v) is 1.87. The van der Waals surface area contributed by atoms with Crippen molar-refractivity contribution in [2.24, 2.45) is 0 Å². The normalized spacial score (nSPS) is 11.9. The van der Waals surface area contributed by atoms with Gasteiger partial charge in [0.05, 0.1) is 6.20 Å². The van der Waals surface area contributed by atoms with Crippen molar-refractivity contribution in [2.45, 2.75) is 25.9 Å². The summed E-state index contributed by atoms with van der Waals surface area (Å²) in [5.74, 6) is -0.788. The average molecular weight is 290 g/mol. The van der Waals surface area contributed by atoms with Gasteiger partial charge in [0.1, 0.15) is 12.4 Å². The lowest BCUT2D eigenvalue weighted by Crippen LogP contribution is -2.36. The second kappa shape index (κ2) is 6.74. The van der Waals surface area contributed by atoms with Gasteiger partial charge in [-0.15, -0.1) is 5.10 Å². The molecular weight excluding hydrogens is 275 g/mol. The highest BCUT2D eigenvalue weighted by molar-refractivity contribution is 5.96. The second-order valence-electron chi connectivity index (χ2n) is 4.70. The van der Waals surface area contributed by atoms with E-state index in [0.717, 1.165) is 0 Å². The van der Waals surface area contributed by atoms with Gasteiger partial charge in [0.25, 0.3) is 0 Å². The number of halogens is 1. The lowest BCUT2D eigenvalue weighted by atomic mass is 10.0. The molecule has 0 fully saturated rings. The number of amides is 1. The third-order valence-electron chi connectivity index (χ3n) is 2.84. The third-order valence-corrected chi connectivity index (χ3v) is 2.84. The minimum atomic E-state index is -0.388. The summed E-state index contributed by atoms with van der Waals surface area (Å²) in [6, 6.07) is 5.02. The van der Waals surface area contributed by atoms with Crippen molar-refractivity contribution in [1.82, 2.24) is 20.3 Å². The Hall–Kier alpha value is -2.57. The lowest BCUT2D eigenvalue weighted by molar-refractivity contribution is -0.122. The molecule has 21 heavy (non-hydrogen) atoms. The van der Waals surface area contributed by atoms with Gasteiger partial charge in [0.2, 0.25) is 5.91 Å². The highest BCUT2D eigenvalue weighted by Gasteiger charge is 2.14. The van der Waals surface area contributed by atoms with E-state index in [-0.39, 0.29) is 36.5 Å². The molecule has 1 amide bonds. The van der Waals surface area contributed by atoms with E-state index < -0.39 is 0 Å². The predicted molar refractivity (Wildman–Crippen MR) is 73.0 cm³/mol. The number of carbonyl (C=O) groups is 2. The SMILES string of the molecule is C[C@@H](CC(=O)c1ccc(F)cc1)NC(=O)Cn1ccnn1. The molecule has 1 heterocycles. The van der Waals surface area contributed by atoms with Gasteiger partial charge in [-0.3, -0.25) is 9.59 Å². The summed E-state index contributed by atoms with van der Waals surface area (Å²) >= 11 is 0. The summed E-state index contributed by atoms with van der Waals surface area (Å²) in [5, 5.41) is 9.99. The smallest absolute Gasteiger partial charge is 0.242 e. The van der Waals surface area contributed by atoms with Crippen LogP contribution >= 0.6 is 0 Å². The van der Waals surface area contributed by atoms with Gasteiger partial charge in [-0.1, -0.05) is 5.21 Å². The Morgan fingerprint density at radius 2 is 2.05 bits per heavy atom. The molecule has 2 rings (SSSR count). The van der Waals surface area contributed by atoms with E-state index in [9.17, 15) is 14.0 Å². The second-order valence-corrected chi connectivity index (χ2v) is 4.70. The van der Waals surface area contributed by atoms with Gasteiger partial charge < -0.3 is 5.32 Å². The third kappa shape index (κ3) is 4.48. The molecule has 2 aromatic rings. The quantitative estimate of drug-likeness (QED) is 0.811. The number of carbonyl (C=O) groups excluding carboxylic acids is 2. The number of ketones is 1. The van der Waals surface area contributed by atoms with Gasteiger partial charge in [0.15, 0.2) is 5.78 Å².